The summed E-state index contributed by atoms with van der Waals surface area (Å²) in [5.74, 6) is 0.920. The van der Waals surface area contributed by atoms with Crippen LogP contribution in [0.2, 0.25) is 0 Å². The molecule has 0 fully saturated rings. The molecule has 6 nitrogen and oxygen atoms in total. The molecule has 0 bridgehead atoms. The van der Waals surface area contributed by atoms with Gasteiger partial charge in [-0.05, 0) is 18.2 Å². The van der Waals surface area contributed by atoms with Crippen molar-refractivity contribution in [1.29, 1.82) is 0 Å². The third-order valence-corrected chi connectivity index (χ3v) is 2.28. The fourth-order valence-corrected chi connectivity index (χ4v) is 1.34. The molecule has 0 saturated carbocycles. The Morgan fingerprint density at radius 2 is 2.29 bits per heavy atom. The van der Waals surface area contributed by atoms with Gasteiger partial charge in [0.05, 0.1) is 12.3 Å². The van der Waals surface area contributed by atoms with Gasteiger partial charge in [-0.3, -0.25) is 0 Å². The maximum atomic E-state index is 9.47. The number of nitrogen functional groups attached to an aromatic ring is 1. The maximum Gasteiger partial charge on any atom is 0.258 e. The topological polar surface area (TPSA) is 94.4 Å². The summed E-state index contributed by atoms with van der Waals surface area (Å²) in [5, 5.41) is 13.3. The van der Waals surface area contributed by atoms with Gasteiger partial charge in [0.15, 0.2) is 5.82 Å². The number of hydrogen-bond donors (Lipinski definition) is 2. The van der Waals surface area contributed by atoms with Gasteiger partial charge in [-0.2, -0.15) is 4.98 Å². The van der Waals surface area contributed by atoms with Crippen LogP contribution in [0.1, 0.15) is 5.82 Å². The number of nitrogens with zero attached hydrogens (tertiary/aromatic N) is 2. The second-order valence-electron chi connectivity index (χ2n) is 3.53. The molecule has 1 aromatic heterocycles. The van der Waals surface area contributed by atoms with Crippen LogP contribution in [0.15, 0.2) is 22.7 Å². The lowest BCUT2D eigenvalue weighted by Gasteiger charge is -1.99. The summed E-state index contributed by atoms with van der Waals surface area (Å²) >= 11 is 0. The summed E-state index contributed by atoms with van der Waals surface area (Å²) in [5.41, 5.74) is 6.45. The molecule has 6 heteroatoms. The van der Waals surface area contributed by atoms with Crippen molar-refractivity contribution in [2.24, 2.45) is 0 Å². The molecule has 0 saturated heterocycles. The van der Waals surface area contributed by atoms with Crippen molar-refractivity contribution in [2.45, 2.75) is 6.42 Å². The minimum atomic E-state index is -0.000795. The van der Waals surface area contributed by atoms with Crippen molar-refractivity contribution >= 4 is 5.69 Å². The Morgan fingerprint density at radius 3 is 3.00 bits per heavy atom. The molecule has 2 rings (SSSR count). The molecular weight excluding hydrogens is 222 g/mol. The molecule has 17 heavy (non-hydrogen) atoms. The van der Waals surface area contributed by atoms with Crippen molar-refractivity contribution in [2.75, 3.05) is 19.5 Å². The fourth-order valence-electron chi connectivity index (χ4n) is 1.34. The van der Waals surface area contributed by atoms with Gasteiger partial charge in [-0.15, -0.1) is 0 Å². The second-order valence-corrected chi connectivity index (χ2v) is 3.53. The first-order chi connectivity index (χ1) is 8.20. The lowest BCUT2D eigenvalue weighted by molar-refractivity contribution is 0.199. The molecular formula is C11H13N3O3. The zero-order valence-electron chi connectivity index (χ0n) is 9.38. The molecule has 1 aromatic carbocycles. The SMILES string of the molecule is COCCc1noc(-c2ccc(N)c(O)c2)n1. The van der Waals surface area contributed by atoms with E-state index in [0.717, 1.165) is 0 Å². The van der Waals surface area contributed by atoms with Crippen LogP contribution in [0.3, 0.4) is 0 Å². The first-order valence-corrected chi connectivity index (χ1v) is 5.11. The van der Waals surface area contributed by atoms with E-state index >= 15 is 0 Å². The molecule has 0 aliphatic heterocycles. The summed E-state index contributed by atoms with van der Waals surface area (Å²) in [7, 11) is 1.61. The molecule has 2 aromatic rings. The van der Waals surface area contributed by atoms with Crippen molar-refractivity contribution in [1.82, 2.24) is 10.1 Å². The van der Waals surface area contributed by atoms with Crippen molar-refractivity contribution in [3.8, 4) is 17.2 Å². The van der Waals surface area contributed by atoms with E-state index in [1.54, 1.807) is 19.2 Å². The van der Waals surface area contributed by atoms with Crippen molar-refractivity contribution in [3.05, 3.63) is 24.0 Å². The normalized spacial score (nSPS) is 10.6. The second kappa shape index (κ2) is 4.84. The number of methoxy groups -OCH3 is 1. The first kappa shape index (κ1) is 11.4. The van der Waals surface area contributed by atoms with E-state index in [0.29, 0.717) is 36.0 Å². The van der Waals surface area contributed by atoms with Crippen LogP contribution >= 0.6 is 0 Å². The number of rotatable bonds is 4. The fraction of sp³-hybridized carbons (Fsp3) is 0.273. The Balaban J connectivity index is 2.21. The Labute approximate surface area is 98.0 Å². The third-order valence-electron chi connectivity index (χ3n) is 2.28. The van der Waals surface area contributed by atoms with Crippen LogP contribution in [-0.4, -0.2) is 29.0 Å². The van der Waals surface area contributed by atoms with Gasteiger partial charge in [0, 0.05) is 19.1 Å². The minimum absolute atomic E-state index is 0.000795. The molecule has 0 unspecified atom stereocenters. The highest BCUT2D eigenvalue weighted by Gasteiger charge is 2.10. The molecule has 0 atom stereocenters. The van der Waals surface area contributed by atoms with E-state index < -0.39 is 0 Å². The minimum Gasteiger partial charge on any atom is -0.506 e. The Bertz CT molecular complexity index is 510. The van der Waals surface area contributed by atoms with Crippen LogP contribution in [0.5, 0.6) is 5.75 Å². The van der Waals surface area contributed by atoms with Gasteiger partial charge in [0.25, 0.3) is 5.89 Å². The van der Waals surface area contributed by atoms with Crippen LogP contribution in [0.4, 0.5) is 5.69 Å². The summed E-state index contributed by atoms with van der Waals surface area (Å²) in [6.45, 7) is 0.534. The van der Waals surface area contributed by atoms with E-state index in [1.165, 1.54) is 6.07 Å². The average Bonchev–Trinajstić information content (AvgIpc) is 2.79. The number of aromatic nitrogens is 2. The number of phenols is 1. The highest BCUT2D eigenvalue weighted by atomic mass is 16.5. The Hall–Kier alpha value is -2.08. The lowest BCUT2D eigenvalue weighted by Crippen LogP contribution is -1.96. The number of phenolic OH excluding ortho intramolecular Hbond substituents is 1. The van der Waals surface area contributed by atoms with Gasteiger partial charge in [-0.25, -0.2) is 0 Å². The van der Waals surface area contributed by atoms with Crippen LogP contribution < -0.4 is 5.73 Å². The maximum absolute atomic E-state index is 9.47. The molecule has 0 aliphatic carbocycles. The molecule has 0 amide bonds. The molecule has 0 spiro atoms. The van der Waals surface area contributed by atoms with Crippen molar-refractivity contribution < 1.29 is 14.4 Å². The molecule has 90 valence electrons. The predicted octanol–water partition coefficient (Wildman–Crippen LogP) is 1.21. The Kier molecular flexibility index (Phi) is 3.24. The van der Waals surface area contributed by atoms with Gasteiger partial charge in [-0.1, -0.05) is 5.16 Å². The van der Waals surface area contributed by atoms with Gasteiger partial charge >= 0.3 is 0 Å². The van der Waals surface area contributed by atoms with E-state index in [-0.39, 0.29) is 5.75 Å². The van der Waals surface area contributed by atoms with Gasteiger partial charge < -0.3 is 20.1 Å². The van der Waals surface area contributed by atoms with E-state index in [9.17, 15) is 5.11 Å². The third kappa shape index (κ3) is 2.54. The number of anilines is 1. The zero-order valence-corrected chi connectivity index (χ0v) is 9.38. The van der Waals surface area contributed by atoms with Gasteiger partial charge in [0.2, 0.25) is 0 Å². The molecule has 0 radical (unpaired) electrons. The summed E-state index contributed by atoms with van der Waals surface area (Å²) in [4.78, 5) is 4.18. The molecule has 1 heterocycles. The lowest BCUT2D eigenvalue weighted by atomic mass is 10.2. The number of ether oxygens (including phenoxy) is 1. The van der Waals surface area contributed by atoms with Crippen LogP contribution in [0.25, 0.3) is 11.5 Å². The monoisotopic (exact) mass is 235 g/mol. The first-order valence-electron chi connectivity index (χ1n) is 5.11. The van der Waals surface area contributed by atoms with E-state index in [2.05, 4.69) is 10.1 Å². The summed E-state index contributed by atoms with van der Waals surface area (Å²) < 4.78 is 9.99. The highest BCUT2D eigenvalue weighted by molar-refractivity contribution is 5.63. The Morgan fingerprint density at radius 1 is 1.47 bits per heavy atom. The number of aromatic hydroxyl groups is 1. The number of nitrogens with two attached hydrogens (primary N) is 1. The zero-order chi connectivity index (χ0) is 12.3. The largest absolute Gasteiger partial charge is 0.506 e. The summed E-state index contributed by atoms with van der Waals surface area (Å²) in [6.07, 6.45) is 0.584. The average molecular weight is 235 g/mol. The van der Waals surface area contributed by atoms with Gasteiger partial charge in [0.1, 0.15) is 5.75 Å². The molecule has 0 aliphatic rings. The van der Waals surface area contributed by atoms with E-state index in [4.69, 9.17) is 15.0 Å². The quantitative estimate of drug-likeness (QED) is 0.611. The number of benzene rings is 1. The van der Waals surface area contributed by atoms with Crippen LogP contribution in [-0.2, 0) is 11.2 Å². The summed E-state index contributed by atoms with van der Waals surface area (Å²) in [6, 6.07) is 4.79. The highest BCUT2D eigenvalue weighted by Crippen LogP contribution is 2.26. The number of hydrogen-bond acceptors (Lipinski definition) is 6. The van der Waals surface area contributed by atoms with Crippen LogP contribution in [0, 0.1) is 0 Å². The van der Waals surface area contributed by atoms with Crippen molar-refractivity contribution in [3.63, 3.8) is 0 Å². The smallest absolute Gasteiger partial charge is 0.258 e. The predicted molar refractivity (Wildman–Crippen MR) is 61.4 cm³/mol. The van der Waals surface area contributed by atoms with E-state index in [1.807, 2.05) is 0 Å². The standard InChI is InChI=1S/C11H13N3O3/c1-16-5-4-10-13-11(17-14-10)7-2-3-8(12)9(15)6-7/h2-3,6,15H,4-5,12H2,1H3. The molecule has 3 N–H and O–H groups in total.